The Kier molecular flexibility index (Phi) is 7.69. The molecule has 6 nitrogen and oxygen atoms in total. The topological polar surface area (TPSA) is 71.1 Å². The van der Waals surface area contributed by atoms with Gasteiger partial charge in [-0.3, -0.25) is 0 Å². The van der Waals surface area contributed by atoms with Crippen molar-refractivity contribution in [2.45, 2.75) is 13.8 Å². The number of ether oxygens (including phenoxy) is 4. The Morgan fingerprint density at radius 3 is 1.50 bits per heavy atom. The maximum Gasteiger partial charge on any atom is 0.349 e. The van der Waals surface area contributed by atoms with Crippen LogP contribution in [-0.4, -0.2) is 25.2 Å². The third kappa shape index (κ3) is 5.46. The first-order valence-electron chi connectivity index (χ1n) is 15.0. The van der Waals surface area contributed by atoms with E-state index < -0.39 is 11.9 Å². The van der Waals surface area contributed by atoms with Gasteiger partial charge in [-0.1, -0.05) is 109 Å². The highest BCUT2D eigenvalue weighted by Crippen LogP contribution is 2.45. The normalized spacial score (nSPS) is 11.2. The highest BCUT2D eigenvalue weighted by Gasteiger charge is 2.21. The molecule has 0 bridgehead atoms. The SMILES string of the molecule is Cc1ccc2c(OCC(=O)Oc3cccc4ccccc34)c3ccccc3c(OCC(=O)Oc3cccc4ccccc34)c2c1C. The van der Waals surface area contributed by atoms with E-state index in [0.717, 1.165) is 54.2 Å². The highest BCUT2D eigenvalue weighted by molar-refractivity contribution is 6.12. The molecular formula is C40H30O6. The number of hydrogen-bond donors (Lipinski definition) is 0. The fourth-order valence-corrected chi connectivity index (χ4v) is 5.90. The van der Waals surface area contributed by atoms with Crippen molar-refractivity contribution in [3.05, 3.63) is 132 Å². The molecule has 0 fully saturated rings. The van der Waals surface area contributed by atoms with Gasteiger partial charge in [0.25, 0.3) is 0 Å². The number of carbonyl (C=O) groups excluding carboxylic acids is 2. The Morgan fingerprint density at radius 2 is 0.935 bits per heavy atom. The second kappa shape index (κ2) is 12.3. The zero-order chi connectivity index (χ0) is 31.6. The zero-order valence-corrected chi connectivity index (χ0v) is 25.4. The van der Waals surface area contributed by atoms with Crippen molar-refractivity contribution in [3.8, 4) is 23.0 Å². The van der Waals surface area contributed by atoms with Crippen molar-refractivity contribution in [2.24, 2.45) is 0 Å². The molecular weight excluding hydrogens is 576 g/mol. The van der Waals surface area contributed by atoms with Gasteiger partial charge in [0.05, 0.1) is 0 Å². The van der Waals surface area contributed by atoms with Crippen LogP contribution in [-0.2, 0) is 9.59 Å². The van der Waals surface area contributed by atoms with E-state index in [2.05, 4.69) is 0 Å². The van der Waals surface area contributed by atoms with Crippen molar-refractivity contribution < 1.29 is 28.5 Å². The van der Waals surface area contributed by atoms with Crippen LogP contribution in [0.4, 0.5) is 0 Å². The second-order valence-corrected chi connectivity index (χ2v) is 11.1. The smallest absolute Gasteiger partial charge is 0.349 e. The summed E-state index contributed by atoms with van der Waals surface area (Å²) in [6.07, 6.45) is 0. The average Bonchev–Trinajstić information content (AvgIpc) is 3.08. The Bertz CT molecular complexity index is 2280. The lowest BCUT2D eigenvalue weighted by atomic mass is 9.95. The van der Waals surface area contributed by atoms with E-state index in [1.165, 1.54) is 0 Å². The first kappa shape index (κ1) is 28.9. The Hall–Kier alpha value is -5.88. The standard InChI is InChI=1S/C40H30O6/c1-25-21-22-33-38(26(25)2)40(44-24-37(42)46-35-20-10-14-28-12-4-6-16-30(28)35)32-18-8-7-17-31(32)39(33)43-23-36(41)45-34-19-9-13-27-11-3-5-15-29(27)34/h3-22H,23-24H2,1-2H3. The lowest BCUT2D eigenvalue weighted by Crippen LogP contribution is -2.19. The average molecular weight is 607 g/mol. The van der Waals surface area contributed by atoms with E-state index in [1.54, 1.807) is 12.1 Å². The molecule has 226 valence electrons. The van der Waals surface area contributed by atoms with Crippen molar-refractivity contribution in [1.29, 1.82) is 0 Å². The third-order valence-electron chi connectivity index (χ3n) is 8.24. The molecule has 0 amide bonds. The van der Waals surface area contributed by atoms with Gasteiger partial charge in [0.1, 0.15) is 23.0 Å². The first-order chi connectivity index (χ1) is 22.5. The number of fused-ring (bicyclic) bond motifs is 4. The van der Waals surface area contributed by atoms with Gasteiger partial charge < -0.3 is 18.9 Å². The fraction of sp³-hybridized carbons (Fsp3) is 0.100. The molecule has 0 aromatic heterocycles. The summed E-state index contributed by atoms with van der Waals surface area (Å²) < 4.78 is 24.0. The summed E-state index contributed by atoms with van der Waals surface area (Å²) in [5.74, 6) is 1.01. The molecule has 0 spiro atoms. The summed E-state index contributed by atoms with van der Waals surface area (Å²) in [5.41, 5.74) is 2.02. The minimum Gasteiger partial charge on any atom is -0.481 e. The molecule has 7 aromatic rings. The maximum absolute atomic E-state index is 13.1. The highest BCUT2D eigenvalue weighted by atomic mass is 16.6. The van der Waals surface area contributed by atoms with Gasteiger partial charge in [0.2, 0.25) is 0 Å². The van der Waals surface area contributed by atoms with Crippen LogP contribution in [0.15, 0.2) is 121 Å². The second-order valence-electron chi connectivity index (χ2n) is 11.1. The summed E-state index contributed by atoms with van der Waals surface area (Å²) in [5, 5.41) is 6.71. The van der Waals surface area contributed by atoms with Gasteiger partial charge in [-0.15, -0.1) is 0 Å². The van der Waals surface area contributed by atoms with Gasteiger partial charge in [-0.05, 0) is 47.9 Å². The van der Waals surface area contributed by atoms with Crippen LogP contribution in [0, 0.1) is 13.8 Å². The van der Waals surface area contributed by atoms with Crippen LogP contribution in [0.3, 0.4) is 0 Å². The third-order valence-corrected chi connectivity index (χ3v) is 8.24. The molecule has 7 rings (SSSR count). The van der Waals surface area contributed by atoms with Crippen molar-refractivity contribution in [3.63, 3.8) is 0 Å². The number of hydrogen-bond acceptors (Lipinski definition) is 6. The molecule has 0 heterocycles. The summed E-state index contributed by atoms with van der Waals surface area (Å²) >= 11 is 0. The van der Waals surface area contributed by atoms with Crippen LogP contribution in [0.5, 0.6) is 23.0 Å². The van der Waals surface area contributed by atoms with Crippen LogP contribution >= 0.6 is 0 Å². The lowest BCUT2D eigenvalue weighted by Gasteiger charge is -2.19. The summed E-state index contributed by atoms with van der Waals surface area (Å²) in [7, 11) is 0. The quantitative estimate of drug-likeness (QED) is 0.0978. The van der Waals surface area contributed by atoms with Crippen LogP contribution in [0.1, 0.15) is 11.1 Å². The molecule has 0 aliphatic rings. The van der Waals surface area contributed by atoms with Gasteiger partial charge in [0.15, 0.2) is 13.2 Å². The van der Waals surface area contributed by atoms with E-state index in [9.17, 15) is 9.59 Å². The lowest BCUT2D eigenvalue weighted by molar-refractivity contribution is -0.137. The molecule has 0 saturated heterocycles. The first-order valence-corrected chi connectivity index (χ1v) is 15.0. The number of aryl methyl sites for hydroxylation is 2. The van der Waals surface area contributed by atoms with Crippen LogP contribution in [0.2, 0.25) is 0 Å². The molecule has 6 heteroatoms. The van der Waals surface area contributed by atoms with E-state index in [1.807, 2.05) is 123 Å². The van der Waals surface area contributed by atoms with Crippen molar-refractivity contribution in [2.75, 3.05) is 13.2 Å². The van der Waals surface area contributed by atoms with Crippen molar-refractivity contribution in [1.82, 2.24) is 0 Å². The molecule has 46 heavy (non-hydrogen) atoms. The maximum atomic E-state index is 13.1. The van der Waals surface area contributed by atoms with Crippen LogP contribution < -0.4 is 18.9 Å². The van der Waals surface area contributed by atoms with Crippen molar-refractivity contribution >= 4 is 55.0 Å². The number of rotatable bonds is 8. The summed E-state index contributed by atoms with van der Waals surface area (Å²) in [4.78, 5) is 26.2. The van der Waals surface area contributed by atoms with Gasteiger partial charge >= 0.3 is 11.9 Å². The predicted octanol–water partition coefficient (Wildman–Crippen LogP) is 8.89. The van der Waals surface area contributed by atoms with E-state index in [-0.39, 0.29) is 13.2 Å². The van der Waals surface area contributed by atoms with E-state index in [0.29, 0.717) is 23.0 Å². The number of esters is 2. The van der Waals surface area contributed by atoms with Gasteiger partial charge in [0, 0.05) is 32.3 Å². The Morgan fingerprint density at radius 1 is 0.478 bits per heavy atom. The van der Waals surface area contributed by atoms with Crippen LogP contribution in [0.25, 0.3) is 43.1 Å². The number of carbonyl (C=O) groups is 2. The molecule has 7 aromatic carbocycles. The zero-order valence-electron chi connectivity index (χ0n) is 25.4. The largest absolute Gasteiger partial charge is 0.481 e. The minimum absolute atomic E-state index is 0.298. The molecule has 0 saturated carbocycles. The fourth-order valence-electron chi connectivity index (χ4n) is 5.90. The summed E-state index contributed by atoms with van der Waals surface area (Å²) in [6.45, 7) is 3.43. The van der Waals surface area contributed by atoms with E-state index >= 15 is 0 Å². The Balaban J connectivity index is 1.19. The molecule has 0 atom stereocenters. The predicted molar refractivity (Wildman–Crippen MR) is 181 cm³/mol. The molecule has 0 radical (unpaired) electrons. The number of benzene rings is 7. The molecule has 0 N–H and O–H groups in total. The Labute approximate surface area is 265 Å². The summed E-state index contributed by atoms with van der Waals surface area (Å²) in [6, 6.07) is 38.3. The molecule has 0 aliphatic heterocycles. The minimum atomic E-state index is -0.520. The monoisotopic (exact) mass is 606 g/mol. The van der Waals surface area contributed by atoms with Gasteiger partial charge in [-0.25, -0.2) is 9.59 Å². The molecule has 0 aliphatic carbocycles. The molecule has 0 unspecified atom stereocenters. The van der Waals surface area contributed by atoms with Gasteiger partial charge in [-0.2, -0.15) is 0 Å². The van der Waals surface area contributed by atoms with E-state index in [4.69, 9.17) is 18.9 Å².